The van der Waals surface area contributed by atoms with Gasteiger partial charge in [-0.05, 0) is 37.5 Å². The number of fused-ring (bicyclic) bond motifs is 1. The molecule has 1 heterocycles. The number of rotatable bonds is 3. The van der Waals surface area contributed by atoms with E-state index in [2.05, 4.69) is 0 Å². The van der Waals surface area contributed by atoms with Crippen molar-refractivity contribution < 1.29 is 8.42 Å². The lowest BCUT2D eigenvalue weighted by Gasteiger charge is -2.24. The predicted molar refractivity (Wildman–Crippen MR) is 85.9 cm³/mol. The van der Waals surface area contributed by atoms with E-state index in [9.17, 15) is 8.42 Å². The van der Waals surface area contributed by atoms with Crippen LogP contribution in [0.2, 0.25) is 0 Å². The van der Waals surface area contributed by atoms with Crippen LogP contribution in [0.25, 0.3) is 0 Å². The fourth-order valence-electron chi connectivity index (χ4n) is 2.93. The highest BCUT2D eigenvalue weighted by molar-refractivity contribution is 7.92. The topological polar surface area (TPSA) is 37.4 Å². The van der Waals surface area contributed by atoms with Crippen molar-refractivity contribution in [2.75, 3.05) is 4.31 Å². The van der Waals surface area contributed by atoms with Gasteiger partial charge >= 0.3 is 0 Å². The molecule has 0 aromatic heterocycles. The molecule has 0 saturated heterocycles. The molecule has 0 radical (unpaired) electrons. The molecule has 0 amide bonds. The van der Waals surface area contributed by atoms with Crippen molar-refractivity contribution in [3.8, 4) is 0 Å². The van der Waals surface area contributed by atoms with E-state index in [0.717, 1.165) is 28.8 Å². The molecule has 0 fully saturated rings. The fourth-order valence-corrected chi connectivity index (χ4v) is 4.78. The van der Waals surface area contributed by atoms with E-state index < -0.39 is 10.0 Å². The quantitative estimate of drug-likeness (QED) is 0.872. The van der Waals surface area contributed by atoms with Gasteiger partial charge in [0.1, 0.15) is 0 Å². The van der Waals surface area contributed by atoms with Gasteiger partial charge in [0, 0.05) is 6.04 Å². The summed E-state index contributed by atoms with van der Waals surface area (Å²) in [6.45, 7) is 3.96. The molecule has 0 bridgehead atoms. The Morgan fingerprint density at radius 3 is 2.48 bits per heavy atom. The summed E-state index contributed by atoms with van der Waals surface area (Å²) >= 11 is 0. The van der Waals surface area contributed by atoms with Gasteiger partial charge in [-0.1, -0.05) is 48.0 Å². The molecule has 2 aromatic carbocycles. The number of benzene rings is 2. The molecule has 1 aliphatic rings. The SMILES string of the molecule is Cc1ccc(CS(=O)(=O)N2c3ccccc3C[C@@H]2C)cc1. The second kappa shape index (κ2) is 5.19. The Morgan fingerprint density at radius 1 is 1.10 bits per heavy atom. The van der Waals surface area contributed by atoms with Gasteiger partial charge in [-0.25, -0.2) is 8.42 Å². The number of aryl methyl sites for hydroxylation is 1. The third-order valence-electron chi connectivity index (χ3n) is 3.91. The van der Waals surface area contributed by atoms with Crippen LogP contribution >= 0.6 is 0 Å². The molecular formula is C17H19NO2S. The first-order chi connectivity index (χ1) is 9.97. The van der Waals surface area contributed by atoms with Crippen LogP contribution in [-0.4, -0.2) is 14.5 Å². The molecule has 2 aromatic rings. The van der Waals surface area contributed by atoms with Crippen LogP contribution in [0.4, 0.5) is 5.69 Å². The molecule has 0 saturated carbocycles. The normalized spacial score (nSPS) is 17.8. The highest BCUT2D eigenvalue weighted by Gasteiger charge is 2.34. The molecule has 1 aliphatic heterocycles. The van der Waals surface area contributed by atoms with Crippen molar-refractivity contribution in [3.05, 3.63) is 65.2 Å². The largest absolute Gasteiger partial charge is 0.267 e. The smallest absolute Gasteiger partial charge is 0.239 e. The second-order valence-electron chi connectivity index (χ2n) is 5.72. The van der Waals surface area contributed by atoms with Crippen LogP contribution in [0, 0.1) is 6.92 Å². The van der Waals surface area contributed by atoms with Gasteiger partial charge in [0.15, 0.2) is 0 Å². The molecule has 21 heavy (non-hydrogen) atoms. The van der Waals surface area contributed by atoms with Crippen LogP contribution in [0.1, 0.15) is 23.6 Å². The summed E-state index contributed by atoms with van der Waals surface area (Å²) < 4.78 is 27.2. The van der Waals surface area contributed by atoms with E-state index >= 15 is 0 Å². The summed E-state index contributed by atoms with van der Waals surface area (Å²) in [7, 11) is -3.36. The maximum Gasteiger partial charge on any atom is 0.239 e. The minimum Gasteiger partial charge on any atom is -0.267 e. The minimum atomic E-state index is -3.36. The molecule has 0 N–H and O–H groups in total. The molecule has 4 heteroatoms. The standard InChI is InChI=1S/C17H19NO2S/c1-13-7-9-15(10-8-13)12-21(19,20)18-14(2)11-16-5-3-4-6-17(16)18/h3-10,14H,11-12H2,1-2H3/t14-/m0/s1. The molecule has 3 nitrogen and oxygen atoms in total. The maximum absolute atomic E-state index is 12.8. The summed E-state index contributed by atoms with van der Waals surface area (Å²) in [5.41, 5.74) is 3.91. The molecule has 0 unspecified atom stereocenters. The lowest BCUT2D eigenvalue weighted by atomic mass is 10.1. The van der Waals surface area contributed by atoms with Crippen molar-refractivity contribution in [1.82, 2.24) is 0 Å². The zero-order valence-corrected chi connectivity index (χ0v) is 13.1. The number of hydrogen-bond donors (Lipinski definition) is 0. The fraction of sp³-hybridized carbons (Fsp3) is 0.294. The Kier molecular flexibility index (Phi) is 3.49. The number of nitrogens with zero attached hydrogens (tertiary/aromatic N) is 1. The van der Waals surface area contributed by atoms with Crippen LogP contribution in [0.15, 0.2) is 48.5 Å². The Bertz CT molecular complexity index is 751. The monoisotopic (exact) mass is 301 g/mol. The Morgan fingerprint density at radius 2 is 1.76 bits per heavy atom. The zero-order valence-electron chi connectivity index (χ0n) is 12.3. The van der Waals surface area contributed by atoms with Crippen LogP contribution in [0.5, 0.6) is 0 Å². The lowest BCUT2D eigenvalue weighted by molar-refractivity contribution is 0.583. The average Bonchev–Trinajstić information content (AvgIpc) is 2.77. The summed E-state index contributed by atoms with van der Waals surface area (Å²) in [5.74, 6) is 0.0476. The van der Waals surface area contributed by atoms with Gasteiger partial charge in [-0.3, -0.25) is 4.31 Å². The van der Waals surface area contributed by atoms with Crippen molar-refractivity contribution in [1.29, 1.82) is 0 Å². The van der Waals surface area contributed by atoms with Gasteiger partial charge < -0.3 is 0 Å². The minimum absolute atomic E-state index is 0.0159. The van der Waals surface area contributed by atoms with Crippen LogP contribution < -0.4 is 4.31 Å². The van der Waals surface area contributed by atoms with Gasteiger partial charge in [-0.2, -0.15) is 0 Å². The van der Waals surface area contributed by atoms with Crippen molar-refractivity contribution in [3.63, 3.8) is 0 Å². The first-order valence-electron chi connectivity index (χ1n) is 7.13. The first-order valence-corrected chi connectivity index (χ1v) is 8.74. The van der Waals surface area contributed by atoms with Gasteiger partial charge in [0.2, 0.25) is 10.0 Å². The molecule has 3 rings (SSSR count). The summed E-state index contributed by atoms with van der Waals surface area (Å²) in [6, 6.07) is 15.4. The van der Waals surface area contributed by atoms with E-state index in [1.54, 1.807) is 4.31 Å². The van der Waals surface area contributed by atoms with E-state index in [1.165, 1.54) is 0 Å². The summed E-state index contributed by atoms with van der Waals surface area (Å²) in [5, 5.41) is 0. The molecule has 1 atom stereocenters. The third-order valence-corrected chi connectivity index (χ3v) is 5.77. The zero-order chi connectivity index (χ0) is 15.0. The Hall–Kier alpha value is -1.81. The predicted octanol–water partition coefficient (Wildman–Crippen LogP) is 3.28. The van der Waals surface area contributed by atoms with Gasteiger partial charge in [0.25, 0.3) is 0 Å². The Balaban J connectivity index is 1.93. The third kappa shape index (κ3) is 2.68. The lowest BCUT2D eigenvalue weighted by Crippen LogP contribution is -2.36. The van der Waals surface area contributed by atoms with Gasteiger partial charge in [-0.15, -0.1) is 0 Å². The average molecular weight is 301 g/mol. The number of anilines is 1. The first kappa shape index (κ1) is 14.1. The van der Waals surface area contributed by atoms with Crippen molar-refractivity contribution in [2.45, 2.75) is 32.1 Å². The van der Waals surface area contributed by atoms with E-state index in [0.29, 0.717) is 0 Å². The van der Waals surface area contributed by atoms with E-state index in [4.69, 9.17) is 0 Å². The number of hydrogen-bond acceptors (Lipinski definition) is 2. The number of para-hydroxylation sites is 1. The molecule has 110 valence electrons. The Labute approximate surface area is 126 Å². The molecular weight excluding hydrogens is 282 g/mol. The highest BCUT2D eigenvalue weighted by Crippen LogP contribution is 2.35. The van der Waals surface area contributed by atoms with Crippen LogP contribution in [0.3, 0.4) is 0 Å². The summed E-state index contributed by atoms with van der Waals surface area (Å²) in [6.07, 6.45) is 0.781. The van der Waals surface area contributed by atoms with Crippen molar-refractivity contribution in [2.24, 2.45) is 0 Å². The maximum atomic E-state index is 12.8. The summed E-state index contributed by atoms with van der Waals surface area (Å²) in [4.78, 5) is 0. The van der Waals surface area contributed by atoms with Gasteiger partial charge in [0.05, 0.1) is 11.4 Å². The van der Waals surface area contributed by atoms with Crippen molar-refractivity contribution >= 4 is 15.7 Å². The molecule has 0 aliphatic carbocycles. The van der Waals surface area contributed by atoms with E-state index in [1.807, 2.05) is 62.4 Å². The van der Waals surface area contributed by atoms with Crippen LogP contribution in [-0.2, 0) is 22.2 Å². The number of sulfonamides is 1. The highest BCUT2D eigenvalue weighted by atomic mass is 32.2. The second-order valence-corrected chi connectivity index (χ2v) is 7.57. The van der Waals surface area contributed by atoms with E-state index in [-0.39, 0.29) is 11.8 Å². The molecule has 0 spiro atoms.